The van der Waals surface area contributed by atoms with E-state index in [2.05, 4.69) is 39.5 Å². The van der Waals surface area contributed by atoms with Gasteiger partial charge in [-0.25, -0.2) is 4.98 Å². The van der Waals surface area contributed by atoms with Gasteiger partial charge in [0, 0.05) is 16.5 Å². The van der Waals surface area contributed by atoms with E-state index in [4.69, 9.17) is 4.98 Å². The van der Waals surface area contributed by atoms with Crippen LogP contribution >= 0.6 is 23.1 Å². The summed E-state index contributed by atoms with van der Waals surface area (Å²) in [5.41, 5.74) is 1.79. The van der Waals surface area contributed by atoms with E-state index < -0.39 is 0 Å². The monoisotopic (exact) mass is 241 g/mol. The number of aromatic nitrogens is 1. The molecule has 0 saturated heterocycles. The van der Waals surface area contributed by atoms with Crippen molar-refractivity contribution in [2.75, 3.05) is 5.75 Å². The zero-order valence-electron chi connectivity index (χ0n) is 9.96. The molecule has 3 heteroatoms. The van der Waals surface area contributed by atoms with Crippen LogP contribution in [0.15, 0.2) is 0 Å². The van der Waals surface area contributed by atoms with Gasteiger partial charge in [0.25, 0.3) is 0 Å². The zero-order valence-corrected chi connectivity index (χ0v) is 11.6. The van der Waals surface area contributed by atoms with Gasteiger partial charge in [-0.1, -0.05) is 27.7 Å². The lowest BCUT2D eigenvalue weighted by Crippen LogP contribution is -2.17. The maximum Gasteiger partial charge on any atom is 0.0956 e. The second-order valence-electron chi connectivity index (χ2n) is 5.41. The van der Waals surface area contributed by atoms with E-state index in [1.807, 2.05) is 11.3 Å². The molecule has 0 radical (unpaired) electrons. The Bertz CT molecular complexity index is 353. The Labute approximate surface area is 101 Å². The summed E-state index contributed by atoms with van der Waals surface area (Å²) >= 11 is 3.99. The van der Waals surface area contributed by atoms with Gasteiger partial charge in [0.05, 0.1) is 10.7 Å². The van der Waals surface area contributed by atoms with Crippen LogP contribution in [-0.4, -0.2) is 10.7 Å². The summed E-state index contributed by atoms with van der Waals surface area (Å²) in [6, 6.07) is 0. The Morgan fingerprint density at radius 2 is 2.07 bits per heavy atom. The first-order chi connectivity index (χ1) is 6.98. The Balaban J connectivity index is 2.31. The van der Waals surface area contributed by atoms with Gasteiger partial charge in [-0.15, -0.1) is 11.3 Å². The number of thioether (sulfide) groups is 1. The second kappa shape index (κ2) is 4.10. The first-order valence-electron chi connectivity index (χ1n) is 5.54. The second-order valence-corrected chi connectivity index (χ2v) is 7.51. The third-order valence-corrected chi connectivity index (χ3v) is 5.72. The Morgan fingerprint density at radius 1 is 1.33 bits per heavy atom. The maximum absolute atomic E-state index is 4.81. The highest BCUT2D eigenvalue weighted by Crippen LogP contribution is 2.37. The van der Waals surface area contributed by atoms with Crippen molar-refractivity contribution in [3.8, 4) is 0 Å². The van der Waals surface area contributed by atoms with Gasteiger partial charge in [-0.2, -0.15) is 11.8 Å². The third kappa shape index (κ3) is 2.56. The van der Waals surface area contributed by atoms with E-state index in [1.165, 1.54) is 27.1 Å². The van der Waals surface area contributed by atoms with Crippen LogP contribution in [0.2, 0.25) is 0 Å². The first kappa shape index (κ1) is 11.5. The lowest BCUT2D eigenvalue weighted by atomic mass is 9.90. The molecule has 0 unspecified atom stereocenters. The van der Waals surface area contributed by atoms with Crippen molar-refractivity contribution in [3.05, 3.63) is 15.6 Å². The van der Waals surface area contributed by atoms with Crippen LogP contribution in [0.5, 0.6) is 0 Å². The average molecular weight is 241 g/mol. The standard InChI is InChI=1S/C12H19NS2/c1-8(2)11-13-9-5-12(3,4)7-14-6-10(9)15-11/h8H,5-7H2,1-4H3. The van der Waals surface area contributed by atoms with E-state index in [1.54, 1.807) is 0 Å². The van der Waals surface area contributed by atoms with Gasteiger partial charge in [0.15, 0.2) is 0 Å². The van der Waals surface area contributed by atoms with Crippen LogP contribution in [-0.2, 0) is 12.2 Å². The minimum absolute atomic E-state index is 0.415. The number of fused-ring (bicyclic) bond motifs is 1. The average Bonchev–Trinajstić information content (AvgIpc) is 2.42. The molecular formula is C12H19NS2. The number of hydrogen-bond donors (Lipinski definition) is 0. The van der Waals surface area contributed by atoms with E-state index >= 15 is 0 Å². The van der Waals surface area contributed by atoms with Gasteiger partial charge in [0.2, 0.25) is 0 Å². The number of rotatable bonds is 1. The van der Waals surface area contributed by atoms with Gasteiger partial charge < -0.3 is 0 Å². The number of hydrogen-bond acceptors (Lipinski definition) is 3. The summed E-state index contributed by atoms with van der Waals surface area (Å²) in [6.07, 6.45) is 1.15. The highest BCUT2D eigenvalue weighted by atomic mass is 32.2. The highest BCUT2D eigenvalue weighted by molar-refractivity contribution is 7.98. The highest BCUT2D eigenvalue weighted by Gasteiger charge is 2.26. The van der Waals surface area contributed by atoms with Gasteiger partial charge >= 0.3 is 0 Å². The Morgan fingerprint density at radius 3 is 2.73 bits per heavy atom. The quantitative estimate of drug-likeness (QED) is 0.735. The molecule has 0 N–H and O–H groups in total. The Hall–Kier alpha value is -0.0200. The van der Waals surface area contributed by atoms with Crippen molar-refractivity contribution >= 4 is 23.1 Å². The molecule has 1 nitrogen and oxygen atoms in total. The van der Waals surface area contributed by atoms with Crippen LogP contribution < -0.4 is 0 Å². The molecule has 0 amide bonds. The van der Waals surface area contributed by atoms with Crippen LogP contribution in [0.4, 0.5) is 0 Å². The predicted octanol–water partition coefficient (Wildman–Crippen LogP) is 4.08. The normalized spacial score (nSPS) is 20.1. The molecule has 1 aliphatic heterocycles. The van der Waals surface area contributed by atoms with Crippen molar-refractivity contribution in [3.63, 3.8) is 0 Å². The molecule has 2 heterocycles. The summed E-state index contributed by atoms with van der Waals surface area (Å²) < 4.78 is 0. The molecule has 0 aromatic carbocycles. The molecule has 84 valence electrons. The molecule has 1 aromatic heterocycles. The zero-order chi connectivity index (χ0) is 11.1. The summed E-state index contributed by atoms with van der Waals surface area (Å²) in [6.45, 7) is 9.17. The molecule has 0 aliphatic carbocycles. The van der Waals surface area contributed by atoms with E-state index in [0.29, 0.717) is 11.3 Å². The predicted molar refractivity (Wildman–Crippen MR) is 69.9 cm³/mol. The molecule has 1 aromatic rings. The van der Waals surface area contributed by atoms with Gasteiger partial charge in [0.1, 0.15) is 0 Å². The fraction of sp³-hybridized carbons (Fsp3) is 0.750. The summed E-state index contributed by atoms with van der Waals surface area (Å²) in [5, 5.41) is 1.32. The molecule has 0 bridgehead atoms. The van der Waals surface area contributed by atoms with E-state index in [-0.39, 0.29) is 0 Å². The molecule has 0 saturated carbocycles. The molecule has 1 aliphatic rings. The maximum atomic E-state index is 4.81. The fourth-order valence-corrected chi connectivity index (χ4v) is 4.30. The topological polar surface area (TPSA) is 12.9 Å². The summed E-state index contributed by atoms with van der Waals surface area (Å²) in [7, 11) is 0. The molecule has 2 rings (SSSR count). The minimum atomic E-state index is 0.415. The van der Waals surface area contributed by atoms with Crippen LogP contribution in [0.1, 0.15) is 49.2 Å². The molecule has 0 spiro atoms. The number of nitrogens with zero attached hydrogens (tertiary/aromatic N) is 1. The lowest BCUT2D eigenvalue weighted by Gasteiger charge is -2.20. The minimum Gasteiger partial charge on any atom is -0.246 e. The summed E-state index contributed by atoms with van der Waals surface area (Å²) in [4.78, 5) is 6.33. The largest absolute Gasteiger partial charge is 0.246 e. The van der Waals surface area contributed by atoms with E-state index in [9.17, 15) is 0 Å². The molecular weight excluding hydrogens is 222 g/mol. The van der Waals surface area contributed by atoms with Crippen molar-refractivity contribution in [2.24, 2.45) is 5.41 Å². The lowest BCUT2D eigenvalue weighted by molar-refractivity contribution is 0.418. The third-order valence-electron chi connectivity index (χ3n) is 2.66. The fourth-order valence-electron chi connectivity index (χ4n) is 1.83. The van der Waals surface area contributed by atoms with Crippen LogP contribution in [0, 0.1) is 5.41 Å². The molecule has 0 fully saturated rings. The molecule has 0 atom stereocenters. The van der Waals surface area contributed by atoms with E-state index in [0.717, 1.165) is 6.42 Å². The first-order valence-corrected chi connectivity index (χ1v) is 7.51. The van der Waals surface area contributed by atoms with Crippen molar-refractivity contribution in [1.29, 1.82) is 0 Å². The van der Waals surface area contributed by atoms with Crippen molar-refractivity contribution < 1.29 is 0 Å². The van der Waals surface area contributed by atoms with Gasteiger partial charge in [-0.3, -0.25) is 0 Å². The van der Waals surface area contributed by atoms with Crippen LogP contribution in [0.3, 0.4) is 0 Å². The van der Waals surface area contributed by atoms with Crippen molar-refractivity contribution in [1.82, 2.24) is 4.98 Å². The SMILES string of the molecule is CC(C)c1nc2c(s1)CSCC(C)(C)C2. The van der Waals surface area contributed by atoms with Gasteiger partial charge in [-0.05, 0) is 17.6 Å². The smallest absolute Gasteiger partial charge is 0.0956 e. The number of thiazole rings is 1. The Kier molecular flexibility index (Phi) is 3.13. The summed E-state index contributed by atoms with van der Waals surface area (Å²) in [5.74, 6) is 3.01. The van der Waals surface area contributed by atoms with Crippen molar-refractivity contribution in [2.45, 2.75) is 45.8 Å². The van der Waals surface area contributed by atoms with Crippen LogP contribution in [0.25, 0.3) is 0 Å². The molecule has 15 heavy (non-hydrogen) atoms.